The largest absolute Gasteiger partial charge is 0.469 e. The van der Waals surface area contributed by atoms with E-state index in [2.05, 4.69) is 27.3 Å². The van der Waals surface area contributed by atoms with Gasteiger partial charge in [-0.05, 0) is 13.3 Å². The van der Waals surface area contributed by atoms with Crippen LogP contribution in [0.5, 0.6) is 0 Å². The Hall–Kier alpha value is -0.530. The Balaban J connectivity index is 0. The first kappa shape index (κ1) is 20.8. The summed E-state index contributed by atoms with van der Waals surface area (Å²) in [4.78, 5) is 15.6. The van der Waals surface area contributed by atoms with Crippen molar-refractivity contribution in [2.75, 3.05) is 26.7 Å². The second kappa shape index (κ2) is 13.9. The van der Waals surface area contributed by atoms with Crippen LogP contribution in [0.25, 0.3) is 0 Å². The maximum absolute atomic E-state index is 11.2. The standard InChI is InChI=1S/C13H27N3O2.HI/c1-5-7-8-9-15-13(14-6-2)16-10-11(3)12(17)18-4;/h11H,5-10H2,1-4H3,(H2,14,15,16);1H. The number of carbonyl (C=O) groups excluding carboxylic acids is 1. The second-order valence-corrected chi connectivity index (χ2v) is 4.28. The number of guanidine groups is 1. The summed E-state index contributed by atoms with van der Waals surface area (Å²) in [6, 6.07) is 0. The lowest BCUT2D eigenvalue weighted by Crippen LogP contribution is -2.38. The number of halogens is 1. The molecule has 0 saturated heterocycles. The van der Waals surface area contributed by atoms with Gasteiger partial charge < -0.3 is 15.4 Å². The topological polar surface area (TPSA) is 62.7 Å². The Labute approximate surface area is 134 Å². The number of hydrogen-bond donors (Lipinski definition) is 2. The van der Waals surface area contributed by atoms with Crippen molar-refractivity contribution in [3.63, 3.8) is 0 Å². The molecule has 0 spiro atoms. The fourth-order valence-electron chi connectivity index (χ4n) is 1.43. The molecule has 5 nitrogen and oxygen atoms in total. The summed E-state index contributed by atoms with van der Waals surface area (Å²) in [6.45, 7) is 8.18. The van der Waals surface area contributed by atoms with Crippen molar-refractivity contribution in [2.45, 2.75) is 40.0 Å². The third kappa shape index (κ3) is 11.0. The summed E-state index contributed by atoms with van der Waals surface area (Å²) in [5.74, 6) is 0.339. The Morgan fingerprint density at radius 2 is 1.95 bits per heavy atom. The number of esters is 1. The lowest BCUT2D eigenvalue weighted by molar-refractivity contribution is -0.144. The Kier molecular flexibility index (Phi) is 15.2. The van der Waals surface area contributed by atoms with Crippen molar-refractivity contribution < 1.29 is 9.53 Å². The predicted molar refractivity (Wildman–Crippen MR) is 90.1 cm³/mol. The number of hydrogen-bond acceptors (Lipinski definition) is 3. The van der Waals surface area contributed by atoms with Crippen LogP contribution in [-0.4, -0.2) is 38.7 Å². The van der Waals surface area contributed by atoms with Crippen molar-refractivity contribution in [3.8, 4) is 0 Å². The highest BCUT2D eigenvalue weighted by molar-refractivity contribution is 14.0. The quantitative estimate of drug-likeness (QED) is 0.221. The van der Waals surface area contributed by atoms with E-state index in [-0.39, 0.29) is 35.9 Å². The zero-order chi connectivity index (χ0) is 13.8. The molecule has 0 saturated carbocycles. The van der Waals surface area contributed by atoms with E-state index in [9.17, 15) is 4.79 Å². The second-order valence-electron chi connectivity index (χ2n) is 4.28. The number of aliphatic imine (C=N–C) groups is 1. The van der Waals surface area contributed by atoms with Gasteiger partial charge in [0.2, 0.25) is 0 Å². The van der Waals surface area contributed by atoms with E-state index in [1.54, 1.807) is 0 Å². The molecule has 0 rings (SSSR count). The van der Waals surface area contributed by atoms with Gasteiger partial charge in [0.1, 0.15) is 0 Å². The Morgan fingerprint density at radius 3 is 2.47 bits per heavy atom. The zero-order valence-electron chi connectivity index (χ0n) is 12.5. The molecule has 0 aliphatic carbocycles. The van der Waals surface area contributed by atoms with Gasteiger partial charge in [-0.2, -0.15) is 0 Å². The van der Waals surface area contributed by atoms with E-state index in [1.807, 2.05) is 13.8 Å². The van der Waals surface area contributed by atoms with Gasteiger partial charge in [0, 0.05) is 13.1 Å². The minimum Gasteiger partial charge on any atom is -0.469 e. The molecule has 0 aliphatic heterocycles. The first-order valence-electron chi connectivity index (χ1n) is 6.75. The van der Waals surface area contributed by atoms with Crippen molar-refractivity contribution in [3.05, 3.63) is 0 Å². The van der Waals surface area contributed by atoms with Crippen LogP contribution >= 0.6 is 24.0 Å². The number of methoxy groups -OCH3 is 1. The van der Waals surface area contributed by atoms with Gasteiger partial charge in [-0.1, -0.05) is 26.7 Å². The summed E-state index contributed by atoms with van der Waals surface area (Å²) < 4.78 is 4.67. The van der Waals surface area contributed by atoms with Gasteiger partial charge in [-0.3, -0.25) is 9.79 Å². The van der Waals surface area contributed by atoms with E-state index in [0.29, 0.717) is 6.54 Å². The van der Waals surface area contributed by atoms with Gasteiger partial charge in [0.05, 0.1) is 19.6 Å². The van der Waals surface area contributed by atoms with Crippen LogP contribution in [0, 0.1) is 5.92 Å². The molecule has 0 aromatic rings. The molecule has 0 aliphatic rings. The smallest absolute Gasteiger partial charge is 0.310 e. The first-order valence-corrected chi connectivity index (χ1v) is 6.75. The third-order valence-corrected chi connectivity index (χ3v) is 2.54. The van der Waals surface area contributed by atoms with Crippen LogP contribution in [0.15, 0.2) is 4.99 Å². The molecular weight excluding hydrogens is 357 g/mol. The molecule has 0 heterocycles. The first-order chi connectivity index (χ1) is 8.65. The Morgan fingerprint density at radius 1 is 1.26 bits per heavy atom. The normalized spacial score (nSPS) is 12.3. The number of nitrogens with one attached hydrogen (secondary N) is 2. The number of carbonyl (C=O) groups is 1. The molecule has 0 bridgehead atoms. The maximum atomic E-state index is 11.2. The van der Waals surface area contributed by atoms with Gasteiger partial charge in [-0.15, -0.1) is 24.0 Å². The molecule has 1 unspecified atom stereocenters. The molecule has 114 valence electrons. The summed E-state index contributed by atoms with van der Waals surface area (Å²) in [5.41, 5.74) is 0. The van der Waals surface area contributed by atoms with E-state index in [4.69, 9.17) is 0 Å². The molecule has 6 heteroatoms. The summed E-state index contributed by atoms with van der Waals surface area (Å²) in [6.07, 6.45) is 3.55. The zero-order valence-corrected chi connectivity index (χ0v) is 14.8. The lowest BCUT2D eigenvalue weighted by Gasteiger charge is -2.12. The number of unbranched alkanes of at least 4 members (excludes halogenated alkanes) is 2. The summed E-state index contributed by atoms with van der Waals surface area (Å²) in [7, 11) is 1.40. The van der Waals surface area contributed by atoms with Gasteiger partial charge in [0.25, 0.3) is 0 Å². The third-order valence-electron chi connectivity index (χ3n) is 2.54. The number of nitrogens with zero attached hydrogens (tertiary/aromatic N) is 1. The predicted octanol–water partition coefficient (Wildman–Crippen LogP) is 2.16. The minimum absolute atomic E-state index is 0. The van der Waals surface area contributed by atoms with Crippen molar-refractivity contribution in [2.24, 2.45) is 10.9 Å². The van der Waals surface area contributed by atoms with Crippen LogP contribution in [0.3, 0.4) is 0 Å². The number of rotatable bonds is 8. The van der Waals surface area contributed by atoms with E-state index in [1.165, 1.54) is 20.0 Å². The molecule has 0 aromatic carbocycles. The molecule has 0 amide bonds. The highest BCUT2D eigenvalue weighted by atomic mass is 127. The Bertz CT molecular complexity index is 260. The molecule has 19 heavy (non-hydrogen) atoms. The fraction of sp³-hybridized carbons (Fsp3) is 0.846. The summed E-state index contributed by atoms with van der Waals surface area (Å²) in [5, 5.41) is 6.41. The highest BCUT2D eigenvalue weighted by Crippen LogP contribution is 1.98. The SMILES string of the molecule is CCCCCNC(=NCC(C)C(=O)OC)NCC.I. The van der Waals surface area contributed by atoms with E-state index in [0.717, 1.165) is 25.5 Å². The van der Waals surface area contributed by atoms with Crippen molar-refractivity contribution >= 4 is 35.9 Å². The van der Waals surface area contributed by atoms with Crippen molar-refractivity contribution in [1.82, 2.24) is 10.6 Å². The molecular formula is C13H28IN3O2. The van der Waals surface area contributed by atoms with Crippen LogP contribution in [0.4, 0.5) is 0 Å². The van der Waals surface area contributed by atoms with Crippen LogP contribution in [0.1, 0.15) is 40.0 Å². The highest BCUT2D eigenvalue weighted by Gasteiger charge is 2.12. The monoisotopic (exact) mass is 385 g/mol. The average molecular weight is 385 g/mol. The molecule has 0 radical (unpaired) electrons. The van der Waals surface area contributed by atoms with E-state index < -0.39 is 0 Å². The maximum Gasteiger partial charge on any atom is 0.310 e. The average Bonchev–Trinajstić information content (AvgIpc) is 2.39. The molecule has 2 N–H and O–H groups in total. The van der Waals surface area contributed by atoms with Gasteiger partial charge in [-0.25, -0.2) is 0 Å². The summed E-state index contributed by atoms with van der Waals surface area (Å²) >= 11 is 0. The van der Waals surface area contributed by atoms with Gasteiger partial charge in [0.15, 0.2) is 5.96 Å². The molecule has 0 fully saturated rings. The lowest BCUT2D eigenvalue weighted by atomic mass is 10.2. The number of ether oxygens (including phenoxy) is 1. The van der Waals surface area contributed by atoms with Crippen LogP contribution in [0.2, 0.25) is 0 Å². The fourth-order valence-corrected chi connectivity index (χ4v) is 1.43. The minimum atomic E-state index is -0.222. The van der Waals surface area contributed by atoms with E-state index >= 15 is 0 Å². The molecule has 0 aromatic heterocycles. The van der Waals surface area contributed by atoms with Crippen LogP contribution in [-0.2, 0) is 9.53 Å². The van der Waals surface area contributed by atoms with Crippen molar-refractivity contribution in [1.29, 1.82) is 0 Å². The van der Waals surface area contributed by atoms with Crippen LogP contribution < -0.4 is 10.6 Å². The molecule has 1 atom stereocenters. The van der Waals surface area contributed by atoms with Gasteiger partial charge >= 0.3 is 5.97 Å².